The van der Waals surface area contributed by atoms with Crippen LogP contribution >= 0.6 is 15.9 Å². The molecule has 1 aromatic rings. The molecule has 0 unspecified atom stereocenters. The molecule has 1 aromatic carbocycles. The minimum Gasteiger partial charge on any atom is -0.336 e. The Labute approximate surface area is 100 Å². The predicted molar refractivity (Wildman–Crippen MR) is 59.5 cm³/mol. The number of alkyl halides is 1. The van der Waals surface area contributed by atoms with Gasteiger partial charge in [0.25, 0.3) is 5.91 Å². The lowest BCUT2D eigenvalue weighted by atomic mass is 10.2. The van der Waals surface area contributed by atoms with E-state index in [2.05, 4.69) is 15.9 Å². The molecular weight excluding hydrogens is 280 g/mol. The third kappa shape index (κ3) is 2.24. The Balaban J connectivity index is 2.21. The van der Waals surface area contributed by atoms with Crippen molar-refractivity contribution in [2.24, 2.45) is 0 Å². The topological polar surface area (TPSA) is 20.3 Å². The van der Waals surface area contributed by atoms with Crippen LogP contribution in [-0.2, 0) is 0 Å². The monoisotopic (exact) mass is 289 g/mol. The summed E-state index contributed by atoms with van der Waals surface area (Å²) in [5.74, 6) is -0.666. The summed E-state index contributed by atoms with van der Waals surface area (Å²) >= 11 is 3.13. The van der Waals surface area contributed by atoms with E-state index >= 15 is 0 Å². The molecule has 2 rings (SSSR count). The van der Waals surface area contributed by atoms with Crippen LogP contribution in [0.2, 0.25) is 0 Å². The summed E-state index contributed by atoms with van der Waals surface area (Å²) in [5.41, 5.74) is 0.371. The van der Waals surface area contributed by atoms with Gasteiger partial charge >= 0.3 is 0 Å². The number of hydrogen-bond donors (Lipinski definition) is 0. The van der Waals surface area contributed by atoms with E-state index in [0.29, 0.717) is 23.0 Å². The zero-order valence-electron chi connectivity index (χ0n) is 8.42. The molecular formula is C11H10BrF2NO. The van der Waals surface area contributed by atoms with E-state index in [-0.39, 0.29) is 12.5 Å². The van der Waals surface area contributed by atoms with Gasteiger partial charge in [0.2, 0.25) is 0 Å². The zero-order valence-corrected chi connectivity index (χ0v) is 10.0. The van der Waals surface area contributed by atoms with Gasteiger partial charge in [-0.3, -0.25) is 4.79 Å². The Morgan fingerprint density at radius 2 is 2.25 bits per heavy atom. The lowest BCUT2D eigenvalue weighted by Gasteiger charge is -2.16. The molecule has 0 spiro atoms. The van der Waals surface area contributed by atoms with E-state index in [4.69, 9.17) is 0 Å². The molecule has 5 heteroatoms. The number of hydrogen-bond acceptors (Lipinski definition) is 1. The van der Waals surface area contributed by atoms with Gasteiger partial charge in [-0.15, -0.1) is 0 Å². The van der Waals surface area contributed by atoms with Crippen molar-refractivity contribution >= 4 is 21.8 Å². The van der Waals surface area contributed by atoms with E-state index in [1.807, 2.05) is 0 Å². The first-order valence-electron chi connectivity index (χ1n) is 4.96. The maximum atomic E-state index is 12.9. The van der Waals surface area contributed by atoms with Crippen LogP contribution in [0.5, 0.6) is 0 Å². The number of carbonyl (C=O) groups excluding carboxylic acids is 1. The van der Waals surface area contributed by atoms with Gasteiger partial charge in [0.15, 0.2) is 0 Å². The fourth-order valence-electron chi connectivity index (χ4n) is 1.74. The van der Waals surface area contributed by atoms with Crippen LogP contribution in [0.4, 0.5) is 8.78 Å². The van der Waals surface area contributed by atoms with Gasteiger partial charge in [-0.2, -0.15) is 0 Å². The molecule has 86 valence electrons. The Morgan fingerprint density at radius 1 is 1.50 bits per heavy atom. The Hall–Kier alpha value is -0.970. The van der Waals surface area contributed by atoms with Crippen molar-refractivity contribution in [3.05, 3.63) is 34.1 Å². The number of benzene rings is 1. The van der Waals surface area contributed by atoms with Gasteiger partial charge in [0.1, 0.15) is 12.0 Å². The van der Waals surface area contributed by atoms with Crippen molar-refractivity contribution in [2.75, 3.05) is 13.1 Å². The van der Waals surface area contributed by atoms with Gasteiger partial charge < -0.3 is 4.90 Å². The van der Waals surface area contributed by atoms with Gasteiger partial charge in [-0.1, -0.05) is 0 Å². The van der Waals surface area contributed by atoms with E-state index in [1.54, 1.807) is 0 Å². The van der Waals surface area contributed by atoms with Crippen LogP contribution < -0.4 is 0 Å². The summed E-state index contributed by atoms with van der Waals surface area (Å²) in [7, 11) is 0. The Bertz CT molecular complexity index is 424. The van der Waals surface area contributed by atoms with Gasteiger partial charge in [0.05, 0.1) is 12.1 Å². The van der Waals surface area contributed by atoms with Crippen LogP contribution in [0, 0.1) is 5.82 Å². The van der Waals surface area contributed by atoms with Gasteiger partial charge in [0, 0.05) is 11.0 Å². The highest BCUT2D eigenvalue weighted by Crippen LogP contribution is 2.22. The van der Waals surface area contributed by atoms with Crippen LogP contribution in [0.1, 0.15) is 16.8 Å². The standard InChI is InChI=1S/C11H10BrF2NO/c12-10-5-7(13)1-2-9(10)11(16)15-4-3-8(14)6-15/h1-2,5,8H,3-4,6H2/t8-/m1/s1. The molecule has 1 aliphatic heterocycles. The van der Waals surface area contributed by atoms with Crippen molar-refractivity contribution in [3.63, 3.8) is 0 Å². The third-order valence-corrected chi connectivity index (χ3v) is 3.24. The van der Waals surface area contributed by atoms with E-state index in [9.17, 15) is 13.6 Å². The molecule has 0 radical (unpaired) electrons. The Morgan fingerprint density at radius 3 is 2.81 bits per heavy atom. The van der Waals surface area contributed by atoms with E-state index < -0.39 is 12.0 Å². The molecule has 1 aliphatic rings. The molecule has 1 heterocycles. The number of amides is 1. The molecule has 1 fully saturated rings. The first kappa shape index (κ1) is 11.5. The van der Waals surface area contributed by atoms with Crippen LogP contribution in [0.25, 0.3) is 0 Å². The lowest BCUT2D eigenvalue weighted by Crippen LogP contribution is -2.29. The minimum absolute atomic E-state index is 0.128. The van der Waals surface area contributed by atoms with Crippen molar-refractivity contribution in [3.8, 4) is 0 Å². The summed E-state index contributed by atoms with van der Waals surface area (Å²) in [6.07, 6.45) is -0.562. The quantitative estimate of drug-likeness (QED) is 0.779. The maximum absolute atomic E-state index is 12.9. The first-order valence-corrected chi connectivity index (χ1v) is 5.75. The molecule has 0 aliphatic carbocycles. The molecule has 0 saturated carbocycles. The van der Waals surface area contributed by atoms with E-state index in [1.165, 1.54) is 23.1 Å². The summed E-state index contributed by atoms with van der Waals surface area (Å²) < 4.78 is 26.2. The number of likely N-dealkylation sites (tertiary alicyclic amines) is 1. The maximum Gasteiger partial charge on any atom is 0.255 e. The van der Waals surface area contributed by atoms with Crippen molar-refractivity contribution in [1.29, 1.82) is 0 Å². The smallest absolute Gasteiger partial charge is 0.255 e. The lowest BCUT2D eigenvalue weighted by molar-refractivity contribution is 0.0782. The minimum atomic E-state index is -0.942. The molecule has 2 nitrogen and oxygen atoms in total. The predicted octanol–water partition coefficient (Wildman–Crippen LogP) is 2.77. The van der Waals surface area contributed by atoms with Crippen LogP contribution in [-0.4, -0.2) is 30.1 Å². The molecule has 1 amide bonds. The highest BCUT2D eigenvalue weighted by atomic mass is 79.9. The molecule has 16 heavy (non-hydrogen) atoms. The second-order valence-electron chi connectivity index (χ2n) is 3.76. The second kappa shape index (κ2) is 4.49. The Kier molecular flexibility index (Phi) is 3.23. The third-order valence-electron chi connectivity index (χ3n) is 2.58. The summed E-state index contributed by atoms with van der Waals surface area (Å²) in [6, 6.07) is 3.87. The molecule has 1 saturated heterocycles. The fourth-order valence-corrected chi connectivity index (χ4v) is 2.26. The SMILES string of the molecule is O=C(c1ccc(F)cc1Br)N1CC[C@@H](F)C1. The molecule has 0 aromatic heterocycles. The van der Waals surface area contributed by atoms with Crippen molar-refractivity contribution in [1.82, 2.24) is 4.90 Å². The molecule has 0 bridgehead atoms. The number of halogens is 3. The van der Waals surface area contributed by atoms with Crippen LogP contribution in [0.15, 0.2) is 22.7 Å². The van der Waals surface area contributed by atoms with Crippen molar-refractivity contribution in [2.45, 2.75) is 12.6 Å². The molecule has 1 atom stereocenters. The fraction of sp³-hybridized carbons (Fsp3) is 0.364. The molecule has 0 N–H and O–H groups in total. The van der Waals surface area contributed by atoms with Gasteiger partial charge in [-0.25, -0.2) is 8.78 Å². The number of nitrogens with zero attached hydrogens (tertiary/aromatic N) is 1. The average Bonchev–Trinajstić information content (AvgIpc) is 2.64. The highest BCUT2D eigenvalue weighted by molar-refractivity contribution is 9.10. The van der Waals surface area contributed by atoms with Crippen LogP contribution in [0.3, 0.4) is 0 Å². The second-order valence-corrected chi connectivity index (χ2v) is 4.62. The van der Waals surface area contributed by atoms with Gasteiger partial charge in [-0.05, 0) is 40.5 Å². The summed E-state index contributed by atoms with van der Waals surface area (Å²) in [5, 5.41) is 0. The van der Waals surface area contributed by atoms with E-state index in [0.717, 1.165) is 0 Å². The highest BCUT2D eigenvalue weighted by Gasteiger charge is 2.27. The van der Waals surface area contributed by atoms with Crippen molar-refractivity contribution < 1.29 is 13.6 Å². The summed E-state index contributed by atoms with van der Waals surface area (Å²) in [6.45, 7) is 0.548. The zero-order chi connectivity index (χ0) is 11.7. The summed E-state index contributed by atoms with van der Waals surface area (Å²) in [4.78, 5) is 13.4. The normalized spacial score (nSPS) is 20.2. The average molecular weight is 290 g/mol. The number of carbonyl (C=O) groups is 1. The largest absolute Gasteiger partial charge is 0.336 e. The first-order chi connectivity index (χ1) is 7.58. The number of rotatable bonds is 1.